The van der Waals surface area contributed by atoms with Gasteiger partial charge in [0.05, 0.1) is 0 Å². The first-order chi connectivity index (χ1) is 9.41. The SMILES string of the molecule is Cc1ccc2c(c1)C(O)(c1cc(C)c(C)cc1C)CC2. The van der Waals surface area contributed by atoms with Crippen LogP contribution in [0.15, 0.2) is 30.3 Å². The second-order valence-corrected chi connectivity index (χ2v) is 6.27. The Morgan fingerprint density at radius 1 is 0.850 bits per heavy atom. The molecule has 2 aromatic carbocycles. The first-order valence-corrected chi connectivity index (χ1v) is 7.32. The van der Waals surface area contributed by atoms with Crippen LogP contribution >= 0.6 is 0 Å². The molecule has 0 heterocycles. The summed E-state index contributed by atoms with van der Waals surface area (Å²) in [5, 5.41) is 11.3. The number of hydrogen-bond acceptors (Lipinski definition) is 1. The third-order valence-electron chi connectivity index (χ3n) is 4.75. The second kappa shape index (κ2) is 4.46. The Morgan fingerprint density at radius 2 is 1.55 bits per heavy atom. The predicted molar refractivity (Wildman–Crippen MR) is 83.2 cm³/mol. The Bertz CT molecular complexity index is 684. The molecule has 1 aliphatic rings. The van der Waals surface area contributed by atoms with Gasteiger partial charge < -0.3 is 5.11 Å². The molecule has 1 N–H and O–H groups in total. The molecular formula is C19H22O. The van der Waals surface area contributed by atoms with Crippen LogP contribution in [0.3, 0.4) is 0 Å². The van der Waals surface area contributed by atoms with Gasteiger partial charge in [0.2, 0.25) is 0 Å². The van der Waals surface area contributed by atoms with Gasteiger partial charge in [0.25, 0.3) is 0 Å². The van der Waals surface area contributed by atoms with Crippen LogP contribution in [0.4, 0.5) is 0 Å². The van der Waals surface area contributed by atoms with Crippen molar-refractivity contribution in [3.05, 3.63) is 69.3 Å². The summed E-state index contributed by atoms with van der Waals surface area (Å²) in [6.45, 7) is 8.44. The summed E-state index contributed by atoms with van der Waals surface area (Å²) >= 11 is 0. The predicted octanol–water partition coefficient (Wildman–Crippen LogP) is 4.10. The lowest BCUT2D eigenvalue weighted by atomic mass is 9.83. The highest BCUT2D eigenvalue weighted by Gasteiger charge is 2.39. The molecule has 0 fully saturated rings. The van der Waals surface area contributed by atoms with Crippen LogP contribution in [-0.4, -0.2) is 5.11 Å². The summed E-state index contributed by atoms with van der Waals surface area (Å²) < 4.78 is 0. The summed E-state index contributed by atoms with van der Waals surface area (Å²) in [7, 11) is 0. The molecular weight excluding hydrogens is 244 g/mol. The Kier molecular flexibility index (Phi) is 2.98. The average Bonchev–Trinajstić information content (AvgIpc) is 2.72. The lowest BCUT2D eigenvalue weighted by molar-refractivity contribution is 0.0821. The molecule has 3 rings (SSSR count). The zero-order chi connectivity index (χ0) is 14.5. The molecule has 104 valence electrons. The van der Waals surface area contributed by atoms with Crippen molar-refractivity contribution < 1.29 is 5.11 Å². The molecule has 2 aromatic rings. The maximum Gasteiger partial charge on any atom is 0.115 e. The lowest BCUT2D eigenvalue weighted by Crippen LogP contribution is -2.25. The topological polar surface area (TPSA) is 20.2 Å². The first kappa shape index (κ1) is 13.4. The molecule has 1 unspecified atom stereocenters. The van der Waals surface area contributed by atoms with Crippen molar-refractivity contribution in [2.45, 2.75) is 46.1 Å². The monoisotopic (exact) mass is 266 g/mol. The van der Waals surface area contributed by atoms with Crippen LogP contribution in [0.5, 0.6) is 0 Å². The second-order valence-electron chi connectivity index (χ2n) is 6.27. The van der Waals surface area contributed by atoms with Gasteiger partial charge >= 0.3 is 0 Å². The number of aryl methyl sites for hydroxylation is 5. The van der Waals surface area contributed by atoms with Crippen LogP contribution in [0.2, 0.25) is 0 Å². The largest absolute Gasteiger partial charge is 0.380 e. The van der Waals surface area contributed by atoms with Crippen molar-refractivity contribution >= 4 is 0 Å². The van der Waals surface area contributed by atoms with Crippen LogP contribution in [0, 0.1) is 27.7 Å². The molecule has 0 bridgehead atoms. The van der Waals surface area contributed by atoms with Gasteiger partial charge in [0, 0.05) is 0 Å². The Balaban J connectivity index is 2.21. The van der Waals surface area contributed by atoms with Gasteiger partial charge in [0.1, 0.15) is 5.60 Å². The number of aliphatic hydroxyl groups is 1. The van der Waals surface area contributed by atoms with Crippen LogP contribution in [-0.2, 0) is 12.0 Å². The van der Waals surface area contributed by atoms with E-state index in [2.05, 4.69) is 58.0 Å². The smallest absolute Gasteiger partial charge is 0.115 e. The quantitative estimate of drug-likeness (QED) is 0.824. The van der Waals surface area contributed by atoms with Gasteiger partial charge in [-0.3, -0.25) is 0 Å². The minimum atomic E-state index is -0.816. The maximum absolute atomic E-state index is 11.3. The van der Waals surface area contributed by atoms with Crippen molar-refractivity contribution in [3.8, 4) is 0 Å². The first-order valence-electron chi connectivity index (χ1n) is 7.32. The van der Waals surface area contributed by atoms with Gasteiger partial charge in [-0.05, 0) is 73.9 Å². The molecule has 0 spiro atoms. The van der Waals surface area contributed by atoms with Gasteiger partial charge in [0.15, 0.2) is 0 Å². The van der Waals surface area contributed by atoms with E-state index in [9.17, 15) is 5.11 Å². The molecule has 0 aromatic heterocycles. The summed E-state index contributed by atoms with van der Waals surface area (Å²) in [6, 6.07) is 10.8. The van der Waals surface area contributed by atoms with Gasteiger partial charge in [-0.25, -0.2) is 0 Å². The highest BCUT2D eigenvalue weighted by Crippen LogP contribution is 2.43. The van der Waals surface area contributed by atoms with Crippen LogP contribution in [0.1, 0.15) is 45.4 Å². The summed E-state index contributed by atoms with van der Waals surface area (Å²) in [6.07, 6.45) is 1.74. The van der Waals surface area contributed by atoms with E-state index in [1.807, 2.05) is 0 Å². The fourth-order valence-electron chi connectivity index (χ4n) is 3.43. The molecule has 0 aliphatic heterocycles. The Hall–Kier alpha value is -1.60. The van der Waals surface area contributed by atoms with Crippen molar-refractivity contribution in [1.82, 2.24) is 0 Å². The highest BCUT2D eigenvalue weighted by atomic mass is 16.3. The normalized spacial score (nSPS) is 21.1. The van der Waals surface area contributed by atoms with Crippen molar-refractivity contribution in [3.63, 3.8) is 0 Å². The number of rotatable bonds is 1. The fourth-order valence-corrected chi connectivity index (χ4v) is 3.43. The van der Waals surface area contributed by atoms with E-state index in [0.29, 0.717) is 0 Å². The van der Waals surface area contributed by atoms with E-state index in [-0.39, 0.29) is 0 Å². The Labute approximate surface area is 121 Å². The summed E-state index contributed by atoms with van der Waals surface area (Å²) in [5.41, 5.74) is 7.58. The molecule has 20 heavy (non-hydrogen) atoms. The zero-order valence-electron chi connectivity index (χ0n) is 12.7. The van der Waals surface area contributed by atoms with E-state index in [1.54, 1.807) is 0 Å². The van der Waals surface area contributed by atoms with Gasteiger partial charge in [-0.15, -0.1) is 0 Å². The number of hydrogen-bond donors (Lipinski definition) is 1. The molecule has 1 atom stereocenters. The van der Waals surface area contributed by atoms with Gasteiger partial charge in [-0.2, -0.15) is 0 Å². The van der Waals surface area contributed by atoms with E-state index in [4.69, 9.17) is 0 Å². The van der Waals surface area contributed by atoms with E-state index in [0.717, 1.165) is 24.0 Å². The Morgan fingerprint density at radius 3 is 2.30 bits per heavy atom. The van der Waals surface area contributed by atoms with E-state index >= 15 is 0 Å². The molecule has 0 saturated carbocycles. The minimum absolute atomic E-state index is 0.787. The van der Waals surface area contributed by atoms with Crippen LogP contribution in [0.25, 0.3) is 0 Å². The third-order valence-corrected chi connectivity index (χ3v) is 4.75. The third kappa shape index (κ3) is 1.89. The van der Waals surface area contributed by atoms with Crippen molar-refractivity contribution in [1.29, 1.82) is 0 Å². The molecule has 0 saturated heterocycles. The number of benzene rings is 2. The van der Waals surface area contributed by atoms with Crippen molar-refractivity contribution in [2.24, 2.45) is 0 Å². The minimum Gasteiger partial charge on any atom is -0.380 e. The molecule has 1 heteroatoms. The van der Waals surface area contributed by atoms with Crippen molar-refractivity contribution in [2.75, 3.05) is 0 Å². The van der Waals surface area contributed by atoms with E-state index < -0.39 is 5.60 Å². The zero-order valence-corrected chi connectivity index (χ0v) is 12.7. The maximum atomic E-state index is 11.3. The standard InChI is InChI=1S/C19H22O/c1-12-5-6-16-7-8-19(20,18(16)9-12)17-11-14(3)13(2)10-15(17)4/h5-6,9-11,20H,7-8H2,1-4H3. The highest BCUT2D eigenvalue weighted by molar-refractivity contribution is 5.50. The fraction of sp³-hybridized carbons (Fsp3) is 0.368. The molecule has 1 nitrogen and oxygen atoms in total. The summed E-state index contributed by atoms with van der Waals surface area (Å²) in [5.74, 6) is 0. The molecule has 0 radical (unpaired) electrons. The summed E-state index contributed by atoms with van der Waals surface area (Å²) in [4.78, 5) is 0. The lowest BCUT2D eigenvalue weighted by Gasteiger charge is -2.28. The van der Waals surface area contributed by atoms with E-state index in [1.165, 1.54) is 27.8 Å². The number of fused-ring (bicyclic) bond motifs is 1. The van der Waals surface area contributed by atoms with Gasteiger partial charge in [-0.1, -0.05) is 35.9 Å². The molecule has 0 amide bonds. The van der Waals surface area contributed by atoms with Crippen LogP contribution < -0.4 is 0 Å². The molecule has 1 aliphatic carbocycles. The average molecular weight is 266 g/mol.